The summed E-state index contributed by atoms with van der Waals surface area (Å²) >= 11 is 1.49. The van der Waals surface area contributed by atoms with Gasteiger partial charge in [0, 0.05) is 24.0 Å². The first kappa shape index (κ1) is 21.9. The Bertz CT molecular complexity index is 1050. The van der Waals surface area contributed by atoms with Crippen LogP contribution in [0.4, 0.5) is 0 Å². The Morgan fingerprint density at radius 1 is 1.03 bits per heavy atom. The van der Waals surface area contributed by atoms with Crippen molar-refractivity contribution in [1.82, 2.24) is 14.9 Å². The molecule has 3 aromatic rings. The predicted molar refractivity (Wildman–Crippen MR) is 126 cm³/mol. The molecule has 0 atom stereocenters. The van der Waals surface area contributed by atoms with Crippen LogP contribution in [0.25, 0.3) is 10.9 Å². The zero-order valence-corrected chi connectivity index (χ0v) is 19.2. The molecule has 0 unspecified atom stereocenters. The minimum absolute atomic E-state index is 0.0765. The third-order valence-corrected chi connectivity index (χ3v) is 6.49. The number of ketones is 1. The zero-order chi connectivity index (χ0) is 21.8. The lowest BCUT2D eigenvalue weighted by atomic mass is 9.86. The monoisotopic (exact) mass is 435 g/mol. The smallest absolute Gasteiger partial charge is 0.173 e. The number of benzene rings is 2. The lowest BCUT2D eigenvalue weighted by Gasteiger charge is -2.25. The SMILES string of the molecule is CC(C)(C)c1ccc(C(=O)CSc2nc(CN3CCOCC3)nc3ccccc23)cc1. The summed E-state index contributed by atoms with van der Waals surface area (Å²) < 4.78 is 5.44. The van der Waals surface area contributed by atoms with Crippen LogP contribution in [0.5, 0.6) is 0 Å². The molecule has 0 spiro atoms. The zero-order valence-electron chi connectivity index (χ0n) is 18.4. The number of morpholine rings is 1. The summed E-state index contributed by atoms with van der Waals surface area (Å²) in [7, 11) is 0. The Kier molecular flexibility index (Phi) is 6.70. The maximum atomic E-state index is 12.8. The van der Waals surface area contributed by atoms with Crippen molar-refractivity contribution in [3.63, 3.8) is 0 Å². The lowest BCUT2D eigenvalue weighted by Crippen LogP contribution is -2.36. The van der Waals surface area contributed by atoms with E-state index >= 15 is 0 Å². The second-order valence-corrected chi connectivity index (χ2v) is 9.85. The molecule has 2 aromatic carbocycles. The summed E-state index contributed by atoms with van der Waals surface area (Å²) in [5.41, 5.74) is 2.97. The number of nitrogens with zero attached hydrogens (tertiary/aromatic N) is 3. The molecule has 5 nitrogen and oxygen atoms in total. The van der Waals surface area contributed by atoms with Gasteiger partial charge in [-0.15, -0.1) is 0 Å². The fourth-order valence-electron chi connectivity index (χ4n) is 3.61. The van der Waals surface area contributed by atoms with E-state index in [4.69, 9.17) is 14.7 Å². The molecular weight excluding hydrogens is 406 g/mol. The van der Waals surface area contributed by atoms with Crippen LogP contribution < -0.4 is 0 Å². The van der Waals surface area contributed by atoms with E-state index < -0.39 is 0 Å². The third kappa shape index (κ3) is 5.50. The van der Waals surface area contributed by atoms with Gasteiger partial charge in [-0.05, 0) is 17.0 Å². The molecule has 0 radical (unpaired) electrons. The number of carbonyl (C=O) groups is 1. The quantitative estimate of drug-likeness (QED) is 0.317. The highest BCUT2D eigenvalue weighted by Crippen LogP contribution is 2.27. The topological polar surface area (TPSA) is 55.3 Å². The first-order chi connectivity index (χ1) is 14.9. The average Bonchev–Trinajstić information content (AvgIpc) is 2.77. The summed E-state index contributed by atoms with van der Waals surface area (Å²) in [6.45, 7) is 10.5. The van der Waals surface area contributed by atoms with E-state index in [2.05, 4.69) is 37.8 Å². The van der Waals surface area contributed by atoms with Crippen LogP contribution in [0.15, 0.2) is 53.6 Å². The van der Waals surface area contributed by atoms with Gasteiger partial charge in [-0.3, -0.25) is 9.69 Å². The summed E-state index contributed by atoms with van der Waals surface area (Å²) in [4.78, 5) is 24.7. The van der Waals surface area contributed by atoms with E-state index in [1.807, 2.05) is 36.4 Å². The fraction of sp³-hybridized carbons (Fsp3) is 0.400. The van der Waals surface area contributed by atoms with E-state index in [-0.39, 0.29) is 11.2 Å². The van der Waals surface area contributed by atoms with E-state index in [9.17, 15) is 4.79 Å². The van der Waals surface area contributed by atoms with Gasteiger partial charge in [-0.1, -0.05) is 75.0 Å². The van der Waals surface area contributed by atoms with Gasteiger partial charge in [-0.25, -0.2) is 9.97 Å². The van der Waals surface area contributed by atoms with E-state index in [0.717, 1.165) is 53.6 Å². The molecule has 0 amide bonds. The molecule has 31 heavy (non-hydrogen) atoms. The number of Topliss-reactive ketones (excluding diaryl/α,β-unsaturated/α-hetero) is 1. The molecule has 1 aliphatic heterocycles. The Morgan fingerprint density at radius 2 is 1.74 bits per heavy atom. The van der Waals surface area contributed by atoms with Crippen molar-refractivity contribution in [2.24, 2.45) is 0 Å². The molecule has 1 saturated heterocycles. The molecule has 0 saturated carbocycles. The van der Waals surface area contributed by atoms with Gasteiger partial charge in [0.1, 0.15) is 10.9 Å². The molecular formula is C25H29N3O2S. The largest absolute Gasteiger partial charge is 0.379 e. The van der Waals surface area contributed by atoms with Crippen LogP contribution in [0.2, 0.25) is 0 Å². The Balaban J connectivity index is 1.51. The molecule has 6 heteroatoms. The Hall–Kier alpha value is -2.28. The third-order valence-electron chi connectivity index (χ3n) is 5.50. The van der Waals surface area contributed by atoms with Gasteiger partial charge in [0.15, 0.2) is 5.78 Å². The number of rotatable bonds is 6. The van der Waals surface area contributed by atoms with Gasteiger partial charge < -0.3 is 4.74 Å². The van der Waals surface area contributed by atoms with Crippen molar-refractivity contribution in [3.8, 4) is 0 Å². The van der Waals surface area contributed by atoms with Crippen molar-refractivity contribution in [1.29, 1.82) is 0 Å². The van der Waals surface area contributed by atoms with E-state index in [1.165, 1.54) is 17.3 Å². The molecule has 1 aliphatic rings. The first-order valence-electron chi connectivity index (χ1n) is 10.7. The van der Waals surface area contributed by atoms with Gasteiger partial charge in [-0.2, -0.15) is 0 Å². The normalized spacial score (nSPS) is 15.3. The highest BCUT2D eigenvalue weighted by molar-refractivity contribution is 8.00. The number of aromatic nitrogens is 2. The van der Waals surface area contributed by atoms with Crippen LogP contribution in [-0.2, 0) is 16.7 Å². The lowest BCUT2D eigenvalue weighted by molar-refractivity contribution is 0.0330. The minimum atomic E-state index is 0.0765. The van der Waals surface area contributed by atoms with E-state index in [1.54, 1.807) is 0 Å². The second-order valence-electron chi connectivity index (χ2n) is 8.89. The Morgan fingerprint density at radius 3 is 2.45 bits per heavy atom. The molecule has 2 heterocycles. The van der Waals surface area contributed by atoms with Crippen molar-refractivity contribution >= 4 is 28.4 Å². The highest BCUT2D eigenvalue weighted by atomic mass is 32.2. The van der Waals surface area contributed by atoms with Crippen molar-refractivity contribution in [3.05, 3.63) is 65.5 Å². The second kappa shape index (κ2) is 9.47. The molecule has 4 rings (SSSR count). The van der Waals surface area contributed by atoms with Crippen LogP contribution in [0.1, 0.15) is 42.5 Å². The summed E-state index contributed by atoms with van der Waals surface area (Å²) in [6.07, 6.45) is 0. The van der Waals surface area contributed by atoms with Crippen molar-refractivity contribution < 1.29 is 9.53 Å². The number of fused-ring (bicyclic) bond motifs is 1. The van der Waals surface area contributed by atoms with Crippen LogP contribution in [0, 0.1) is 0 Å². The van der Waals surface area contributed by atoms with Crippen LogP contribution in [0.3, 0.4) is 0 Å². The maximum absolute atomic E-state index is 12.8. The highest BCUT2D eigenvalue weighted by Gasteiger charge is 2.17. The fourth-order valence-corrected chi connectivity index (χ4v) is 4.54. The predicted octanol–water partition coefficient (Wildman–Crippen LogP) is 4.73. The standard InChI is InChI=1S/C25H29N3O2S/c1-25(2,3)19-10-8-18(9-11-19)22(29)17-31-24-20-6-4-5-7-21(20)26-23(27-24)16-28-12-14-30-15-13-28/h4-11H,12-17H2,1-3H3. The van der Waals surface area contributed by atoms with Gasteiger partial charge in [0.05, 0.1) is 31.0 Å². The van der Waals surface area contributed by atoms with Gasteiger partial charge in [0.2, 0.25) is 0 Å². The van der Waals surface area contributed by atoms with Crippen LogP contribution in [-0.4, -0.2) is 52.7 Å². The number of hydrogen-bond acceptors (Lipinski definition) is 6. The summed E-state index contributed by atoms with van der Waals surface area (Å²) in [5.74, 6) is 1.26. The number of hydrogen-bond donors (Lipinski definition) is 0. The number of thioether (sulfide) groups is 1. The molecule has 0 N–H and O–H groups in total. The molecule has 1 aromatic heterocycles. The van der Waals surface area contributed by atoms with Crippen molar-refractivity contribution in [2.45, 2.75) is 37.8 Å². The molecule has 1 fully saturated rings. The van der Waals surface area contributed by atoms with Gasteiger partial charge >= 0.3 is 0 Å². The minimum Gasteiger partial charge on any atom is -0.379 e. The van der Waals surface area contributed by atoms with E-state index in [0.29, 0.717) is 12.3 Å². The average molecular weight is 436 g/mol. The first-order valence-corrected chi connectivity index (χ1v) is 11.7. The molecule has 0 aliphatic carbocycles. The van der Waals surface area contributed by atoms with Gasteiger partial charge in [0.25, 0.3) is 0 Å². The molecule has 162 valence electrons. The molecule has 0 bridgehead atoms. The van der Waals surface area contributed by atoms with Crippen molar-refractivity contribution in [2.75, 3.05) is 32.1 Å². The number of para-hydroxylation sites is 1. The maximum Gasteiger partial charge on any atom is 0.173 e. The summed E-state index contributed by atoms with van der Waals surface area (Å²) in [5, 5.41) is 1.86. The summed E-state index contributed by atoms with van der Waals surface area (Å²) in [6, 6.07) is 16.0. The van der Waals surface area contributed by atoms with Crippen LogP contribution >= 0.6 is 11.8 Å². The Labute approximate surface area is 188 Å². The number of carbonyl (C=O) groups excluding carboxylic acids is 1. The number of ether oxygens (including phenoxy) is 1.